The maximum atomic E-state index is 12.9. The van der Waals surface area contributed by atoms with Gasteiger partial charge in [-0.05, 0) is 24.3 Å². The molecule has 0 aliphatic carbocycles. The molecule has 0 radical (unpaired) electrons. The lowest BCUT2D eigenvalue weighted by molar-refractivity contribution is -0.384. The molecule has 32 heavy (non-hydrogen) atoms. The average Bonchev–Trinajstić information content (AvgIpc) is 3.17. The van der Waals surface area contributed by atoms with Crippen LogP contribution in [0, 0.1) is 10.1 Å². The van der Waals surface area contributed by atoms with Crippen LogP contribution in [0.1, 0.15) is 15.9 Å². The zero-order valence-corrected chi connectivity index (χ0v) is 15.9. The van der Waals surface area contributed by atoms with Crippen molar-refractivity contribution >= 4 is 22.9 Å². The van der Waals surface area contributed by atoms with E-state index in [9.17, 15) is 28.1 Å². The van der Waals surface area contributed by atoms with Crippen molar-refractivity contribution < 1.29 is 27.6 Å². The first-order valence-corrected chi connectivity index (χ1v) is 8.95. The SMILES string of the molecule is O=C(Nc1cc(Oc2cccc(C(F)(F)F)c2)cc([N+](=O)[O-])c1)c1cnn2cccnc12. The third kappa shape index (κ3) is 4.33. The number of anilines is 1. The van der Waals surface area contributed by atoms with Crippen molar-refractivity contribution in [3.8, 4) is 11.5 Å². The molecule has 12 heteroatoms. The summed E-state index contributed by atoms with van der Waals surface area (Å²) in [6, 6.07) is 9.07. The molecule has 0 bridgehead atoms. The number of nitrogens with zero attached hydrogens (tertiary/aromatic N) is 4. The molecule has 2 aromatic carbocycles. The third-order valence-corrected chi connectivity index (χ3v) is 4.28. The number of carbonyl (C=O) groups is 1. The minimum Gasteiger partial charge on any atom is -0.457 e. The van der Waals surface area contributed by atoms with E-state index in [1.165, 1.54) is 29.0 Å². The van der Waals surface area contributed by atoms with Gasteiger partial charge in [0.25, 0.3) is 11.6 Å². The molecule has 2 aromatic heterocycles. The van der Waals surface area contributed by atoms with Gasteiger partial charge in [-0.25, -0.2) is 9.50 Å². The zero-order valence-electron chi connectivity index (χ0n) is 15.9. The molecule has 0 spiro atoms. The van der Waals surface area contributed by atoms with Crippen LogP contribution in [-0.2, 0) is 6.18 Å². The number of halogens is 3. The first kappa shape index (κ1) is 20.8. The largest absolute Gasteiger partial charge is 0.457 e. The second kappa shape index (κ2) is 7.98. The Hall–Kier alpha value is -4.48. The molecular weight excluding hydrogens is 431 g/mol. The van der Waals surface area contributed by atoms with E-state index in [4.69, 9.17) is 4.74 Å². The number of nitro groups is 1. The number of amides is 1. The number of rotatable bonds is 5. The average molecular weight is 443 g/mol. The highest BCUT2D eigenvalue weighted by Gasteiger charge is 2.30. The highest BCUT2D eigenvalue weighted by molar-refractivity contribution is 6.08. The van der Waals surface area contributed by atoms with E-state index < -0.39 is 28.3 Å². The molecule has 1 amide bonds. The van der Waals surface area contributed by atoms with Crippen molar-refractivity contribution in [1.82, 2.24) is 14.6 Å². The zero-order chi connectivity index (χ0) is 22.9. The number of benzene rings is 2. The van der Waals surface area contributed by atoms with Crippen LogP contribution in [0.15, 0.2) is 67.1 Å². The normalized spacial score (nSPS) is 11.3. The van der Waals surface area contributed by atoms with Gasteiger partial charge in [0.05, 0.1) is 28.4 Å². The summed E-state index contributed by atoms with van der Waals surface area (Å²) in [5.41, 5.74) is -0.966. The molecule has 162 valence electrons. The van der Waals surface area contributed by atoms with Gasteiger partial charge in [-0.15, -0.1) is 0 Å². The summed E-state index contributed by atoms with van der Waals surface area (Å²) >= 11 is 0. The number of nitrogens with one attached hydrogen (secondary N) is 1. The van der Waals surface area contributed by atoms with Crippen LogP contribution >= 0.6 is 0 Å². The summed E-state index contributed by atoms with van der Waals surface area (Å²) in [6.45, 7) is 0. The Balaban J connectivity index is 1.64. The number of aromatic nitrogens is 3. The second-order valence-electron chi connectivity index (χ2n) is 6.50. The van der Waals surface area contributed by atoms with Crippen LogP contribution in [-0.4, -0.2) is 25.4 Å². The molecule has 0 fully saturated rings. The van der Waals surface area contributed by atoms with E-state index in [1.54, 1.807) is 12.3 Å². The van der Waals surface area contributed by atoms with Gasteiger partial charge >= 0.3 is 6.18 Å². The van der Waals surface area contributed by atoms with Gasteiger partial charge in [-0.3, -0.25) is 14.9 Å². The Morgan fingerprint density at radius 2 is 1.94 bits per heavy atom. The number of alkyl halides is 3. The number of ether oxygens (including phenoxy) is 1. The molecule has 2 heterocycles. The van der Waals surface area contributed by atoms with Crippen molar-refractivity contribution in [3.05, 3.63) is 88.4 Å². The molecule has 0 atom stereocenters. The van der Waals surface area contributed by atoms with Crippen LogP contribution < -0.4 is 10.1 Å². The summed E-state index contributed by atoms with van der Waals surface area (Å²) in [5, 5.41) is 17.8. The quantitative estimate of drug-likeness (QED) is 0.354. The number of non-ortho nitro benzene ring substituents is 1. The van der Waals surface area contributed by atoms with Crippen LogP contribution in [0.5, 0.6) is 11.5 Å². The Labute approximate surface area is 177 Å². The molecular formula is C20H12F3N5O4. The van der Waals surface area contributed by atoms with E-state index >= 15 is 0 Å². The molecule has 0 aliphatic rings. The summed E-state index contributed by atoms with van der Waals surface area (Å²) < 4.78 is 45.6. The predicted octanol–water partition coefficient (Wildman–Crippen LogP) is 4.70. The van der Waals surface area contributed by atoms with E-state index in [-0.39, 0.29) is 28.4 Å². The van der Waals surface area contributed by atoms with Gasteiger partial charge in [0.15, 0.2) is 5.65 Å². The smallest absolute Gasteiger partial charge is 0.416 e. The van der Waals surface area contributed by atoms with Gasteiger partial charge in [0.1, 0.15) is 17.1 Å². The van der Waals surface area contributed by atoms with Crippen molar-refractivity contribution in [2.75, 3.05) is 5.32 Å². The third-order valence-electron chi connectivity index (χ3n) is 4.28. The molecule has 0 aliphatic heterocycles. The number of hydrogen-bond donors (Lipinski definition) is 1. The first-order chi connectivity index (χ1) is 15.2. The van der Waals surface area contributed by atoms with Crippen LogP contribution in [0.4, 0.5) is 24.5 Å². The van der Waals surface area contributed by atoms with Crippen molar-refractivity contribution in [2.45, 2.75) is 6.18 Å². The Morgan fingerprint density at radius 3 is 2.69 bits per heavy atom. The first-order valence-electron chi connectivity index (χ1n) is 8.95. The molecule has 4 rings (SSSR count). The van der Waals surface area contributed by atoms with Crippen LogP contribution in [0.3, 0.4) is 0 Å². The fraction of sp³-hybridized carbons (Fsp3) is 0.0500. The van der Waals surface area contributed by atoms with Gasteiger partial charge < -0.3 is 10.1 Å². The highest BCUT2D eigenvalue weighted by Crippen LogP contribution is 2.34. The van der Waals surface area contributed by atoms with Crippen LogP contribution in [0.2, 0.25) is 0 Å². The van der Waals surface area contributed by atoms with E-state index in [0.29, 0.717) is 0 Å². The van der Waals surface area contributed by atoms with E-state index in [1.807, 2.05) is 0 Å². The number of fused-ring (bicyclic) bond motifs is 1. The van der Waals surface area contributed by atoms with Crippen molar-refractivity contribution in [1.29, 1.82) is 0 Å². The van der Waals surface area contributed by atoms with Gasteiger partial charge in [0, 0.05) is 24.5 Å². The van der Waals surface area contributed by atoms with E-state index in [0.717, 1.165) is 30.3 Å². The van der Waals surface area contributed by atoms with E-state index in [2.05, 4.69) is 15.4 Å². The molecule has 9 nitrogen and oxygen atoms in total. The fourth-order valence-electron chi connectivity index (χ4n) is 2.88. The summed E-state index contributed by atoms with van der Waals surface area (Å²) in [5.74, 6) is -0.944. The number of hydrogen-bond acceptors (Lipinski definition) is 6. The molecule has 1 N–H and O–H groups in total. The molecule has 0 saturated heterocycles. The topological polar surface area (TPSA) is 112 Å². The minimum atomic E-state index is -4.58. The fourth-order valence-corrected chi connectivity index (χ4v) is 2.88. The molecule has 0 unspecified atom stereocenters. The number of nitro benzene ring substituents is 1. The Bertz CT molecular complexity index is 1340. The lowest BCUT2D eigenvalue weighted by atomic mass is 10.2. The van der Waals surface area contributed by atoms with Gasteiger partial charge in [-0.2, -0.15) is 18.3 Å². The number of carbonyl (C=O) groups excluding carboxylic acids is 1. The second-order valence-corrected chi connectivity index (χ2v) is 6.50. The summed E-state index contributed by atoms with van der Waals surface area (Å²) in [6.07, 6.45) is -0.228. The summed E-state index contributed by atoms with van der Waals surface area (Å²) in [7, 11) is 0. The standard InChI is InChI=1S/C20H12F3N5O4/c21-20(22,23)12-3-1-4-15(7-12)32-16-9-13(8-14(10-16)28(30)31)26-19(29)17-11-25-27-6-2-5-24-18(17)27/h1-11H,(H,26,29). The lowest BCUT2D eigenvalue weighted by Crippen LogP contribution is -2.12. The maximum Gasteiger partial charge on any atom is 0.416 e. The monoisotopic (exact) mass is 443 g/mol. The molecule has 4 aromatic rings. The van der Waals surface area contributed by atoms with Crippen LogP contribution in [0.25, 0.3) is 5.65 Å². The van der Waals surface area contributed by atoms with Crippen molar-refractivity contribution in [2.24, 2.45) is 0 Å². The Morgan fingerprint density at radius 1 is 1.12 bits per heavy atom. The lowest BCUT2D eigenvalue weighted by Gasteiger charge is -2.11. The predicted molar refractivity (Wildman–Crippen MR) is 106 cm³/mol. The van der Waals surface area contributed by atoms with Gasteiger partial charge in [-0.1, -0.05) is 6.07 Å². The Kier molecular flexibility index (Phi) is 5.18. The molecule has 0 saturated carbocycles. The summed E-state index contributed by atoms with van der Waals surface area (Å²) in [4.78, 5) is 27.3. The minimum absolute atomic E-state index is 0.00135. The van der Waals surface area contributed by atoms with Crippen molar-refractivity contribution in [3.63, 3.8) is 0 Å². The maximum absolute atomic E-state index is 12.9. The highest BCUT2D eigenvalue weighted by atomic mass is 19.4. The van der Waals surface area contributed by atoms with Gasteiger partial charge in [0.2, 0.25) is 0 Å².